The van der Waals surface area contributed by atoms with Gasteiger partial charge in [0.15, 0.2) is 0 Å². The molecule has 1 aromatic carbocycles. The van der Waals surface area contributed by atoms with E-state index in [1.807, 2.05) is 0 Å². The summed E-state index contributed by atoms with van der Waals surface area (Å²) in [6, 6.07) is 9.00. The molecule has 2 atom stereocenters. The number of amides is 1. The van der Waals surface area contributed by atoms with E-state index < -0.39 is 0 Å². The first-order valence-corrected chi connectivity index (χ1v) is 7.57. The highest BCUT2D eigenvalue weighted by Gasteiger charge is 2.23. The highest BCUT2D eigenvalue weighted by atomic mass is 79.9. The predicted molar refractivity (Wildman–Crippen MR) is 78.2 cm³/mol. The second-order valence-electron chi connectivity index (χ2n) is 4.92. The molecule has 3 nitrogen and oxygen atoms in total. The molecular weight excluding hydrogens is 304 g/mol. The normalized spacial score (nSPS) is 23.2. The molecule has 0 aliphatic heterocycles. The fraction of sp³-hybridized carbons (Fsp3) is 0.467. The number of alkyl halides is 1. The van der Waals surface area contributed by atoms with Crippen LogP contribution in [-0.2, 0) is 0 Å². The van der Waals surface area contributed by atoms with E-state index in [-0.39, 0.29) is 11.9 Å². The number of halogens is 1. The zero-order valence-electron chi connectivity index (χ0n) is 10.7. The van der Waals surface area contributed by atoms with Gasteiger partial charge in [0.05, 0.1) is 11.6 Å². The maximum absolute atomic E-state index is 12.2. The molecule has 1 N–H and O–H groups in total. The van der Waals surface area contributed by atoms with Crippen LogP contribution in [0.4, 0.5) is 0 Å². The number of benzene rings is 1. The van der Waals surface area contributed by atoms with Crippen LogP contribution < -0.4 is 5.32 Å². The summed E-state index contributed by atoms with van der Waals surface area (Å²) < 4.78 is 0. The van der Waals surface area contributed by atoms with Crippen LogP contribution in [0.2, 0.25) is 0 Å². The van der Waals surface area contributed by atoms with E-state index in [1.165, 1.54) is 19.3 Å². The standard InChI is InChI=1S/C15H17BrN2O/c16-13-4-2-1-3-5-14(13)18-15(19)12-8-6-11(10-17)7-9-12/h6-9,13-14H,1-5H2,(H,18,19). The van der Waals surface area contributed by atoms with Gasteiger partial charge in [-0.05, 0) is 37.1 Å². The first-order valence-electron chi connectivity index (χ1n) is 6.66. The second kappa shape index (κ2) is 6.72. The van der Waals surface area contributed by atoms with Crippen molar-refractivity contribution in [1.82, 2.24) is 5.32 Å². The van der Waals surface area contributed by atoms with Crippen LogP contribution in [-0.4, -0.2) is 16.8 Å². The largest absolute Gasteiger partial charge is 0.348 e. The average molecular weight is 321 g/mol. The summed E-state index contributed by atoms with van der Waals surface area (Å²) in [5.74, 6) is -0.0548. The van der Waals surface area contributed by atoms with Crippen LogP contribution in [0.15, 0.2) is 24.3 Å². The van der Waals surface area contributed by atoms with Gasteiger partial charge in [0.25, 0.3) is 5.91 Å². The highest BCUT2D eigenvalue weighted by Crippen LogP contribution is 2.24. The number of carbonyl (C=O) groups is 1. The Hall–Kier alpha value is -1.34. The Labute approximate surface area is 122 Å². The number of hydrogen-bond acceptors (Lipinski definition) is 2. The van der Waals surface area contributed by atoms with Gasteiger partial charge in [0.2, 0.25) is 0 Å². The number of rotatable bonds is 2. The molecule has 4 heteroatoms. The van der Waals surface area contributed by atoms with Crippen molar-refractivity contribution >= 4 is 21.8 Å². The van der Waals surface area contributed by atoms with E-state index in [0.29, 0.717) is 16.0 Å². The zero-order valence-corrected chi connectivity index (χ0v) is 12.3. The van der Waals surface area contributed by atoms with Gasteiger partial charge in [-0.15, -0.1) is 0 Å². The van der Waals surface area contributed by atoms with Gasteiger partial charge in [-0.25, -0.2) is 0 Å². The molecule has 0 aromatic heterocycles. The van der Waals surface area contributed by atoms with Crippen molar-refractivity contribution < 1.29 is 4.79 Å². The Bertz CT molecular complexity index is 478. The summed E-state index contributed by atoms with van der Waals surface area (Å²) >= 11 is 3.67. The lowest BCUT2D eigenvalue weighted by molar-refractivity contribution is 0.0935. The van der Waals surface area contributed by atoms with Crippen LogP contribution in [0.3, 0.4) is 0 Å². The molecule has 0 saturated heterocycles. The molecule has 2 unspecified atom stereocenters. The fourth-order valence-corrected chi connectivity index (χ4v) is 3.09. The minimum absolute atomic E-state index is 0.0548. The van der Waals surface area contributed by atoms with Crippen molar-refractivity contribution in [2.24, 2.45) is 0 Å². The first kappa shape index (κ1) is 14.1. The topological polar surface area (TPSA) is 52.9 Å². The Kier molecular flexibility index (Phi) is 4.98. The summed E-state index contributed by atoms with van der Waals surface area (Å²) in [5, 5.41) is 11.8. The van der Waals surface area contributed by atoms with E-state index in [1.54, 1.807) is 24.3 Å². The van der Waals surface area contributed by atoms with Crippen molar-refractivity contribution in [3.8, 4) is 6.07 Å². The molecule has 0 bridgehead atoms. The van der Waals surface area contributed by atoms with Crippen LogP contribution in [0.1, 0.15) is 48.0 Å². The molecule has 1 fully saturated rings. The Morgan fingerprint density at radius 2 is 1.89 bits per heavy atom. The number of nitrogens with zero attached hydrogens (tertiary/aromatic N) is 1. The molecule has 100 valence electrons. The minimum atomic E-state index is -0.0548. The lowest BCUT2D eigenvalue weighted by Crippen LogP contribution is -2.40. The van der Waals surface area contributed by atoms with Gasteiger partial charge in [-0.2, -0.15) is 5.26 Å². The van der Waals surface area contributed by atoms with Crippen molar-refractivity contribution in [3.05, 3.63) is 35.4 Å². The van der Waals surface area contributed by atoms with E-state index >= 15 is 0 Å². The van der Waals surface area contributed by atoms with Gasteiger partial charge in [0.1, 0.15) is 0 Å². The van der Waals surface area contributed by atoms with E-state index in [0.717, 1.165) is 12.8 Å². The summed E-state index contributed by atoms with van der Waals surface area (Å²) in [7, 11) is 0. The van der Waals surface area contributed by atoms with Crippen LogP contribution in [0, 0.1) is 11.3 Å². The fourth-order valence-electron chi connectivity index (χ4n) is 2.37. The van der Waals surface area contributed by atoms with Gasteiger partial charge in [-0.1, -0.05) is 35.2 Å². The van der Waals surface area contributed by atoms with Gasteiger partial charge >= 0.3 is 0 Å². The molecule has 1 aliphatic carbocycles. The molecule has 1 aliphatic rings. The van der Waals surface area contributed by atoms with Crippen molar-refractivity contribution in [1.29, 1.82) is 5.26 Å². The Morgan fingerprint density at radius 3 is 2.58 bits per heavy atom. The highest BCUT2D eigenvalue weighted by molar-refractivity contribution is 9.09. The van der Waals surface area contributed by atoms with Gasteiger partial charge in [-0.3, -0.25) is 4.79 Å². The maximum Gasteiger partial charge on any atom is 0.251 e. The lowest BCUT2D eigenvalue weighted by Gasteiger charge is -2.21. The smallest absolute Gasteiger partial charge is 0.251 e. The second-order valence-corrected chi connectivity index (χ2v) is 6.10. The predicted octanol–water partition coefficient (Wildman–Crippen LogP) is 3.38. The third-order valence-corrected chi connectivity index (χ3v) is 4.62. The van der Waals surface area contributed by atoms with Gasteiger partial charge < -0.3 is 5.32 Å². The van der Waals surface area contributed by atoms with Crippen LogP contribution in [0.5, 0.6) is 0 Å². The zero-order chi connectivity index (χ0) is 13.7. The quantitative estimate of drug-likeness (QED) is 0.670. The van der Waals surface area contributed by atoms with Crippen LogP contribution >= 0.6 is 15.9 Å². The van der Waals surface area contributed by atoms with E-state index in [9.17, 15) is 4.79 Å². The van der Waals surface area contributed by atoms with Gasteiger partial charge in [0, 0.05) is 16.4 Å². The molecule has 1 saturated carbocycles. The Balaban J connectivity index is 2.01. The third-order valence-electron chi connectivity index (χ3n) is 3.52. The summed E-state index contributed by atoms with van der Waals surface area (Å²) in [5.41, 5.74) is 1.19. The number of carbonyl (C=O) groups excluding carboxylic acids is 1. The molecular formula is C15H17BrN2O. The SMILES string of the molecule is N#Cc1ccc(C(=O)NC2CCCCCC2Br)cc1. The van der Waals surface area contributed by atoms with Crippen molar-refractivity contribution in [2.75, 3.05) is 0 Å². The van der Waals surface area contributed by atoms with Crippen molar-refractivity contribution in [2.45, 2.75) is 43.0 Å². The molecule has 0 radical (unpaired) electrons. The first-order chi connectivity index (χ1) is 9.20. The summed E-state index contributed by atoms with van der Waals surface area (Å²) in [6.45, 7) is 0. The minimum Gasteiger partial charge on any atom is -0.348 e. The van der Waals surface area contributed by atoms with Crippen molar-refractivity contribution in [3.63, 3.8) is 0 Å². The van der Waals surface area contributed by atoms with E-state index in [2.05, 4.69) is 27.3 Å². The average Bonchev–Trinajstić information content (AvgIpc) is 2.64. The molecule has 19 heavy (non-hydrogen) atoms. The lowest BCUT2D eigenvalue weighted by atomic mass is 10.1. The monoisotopic (exact) mass is 320 g/mol. The Morgan fingerprint density at radius 1 is 1.21 bits per heavy atom. The molecule has 1 amide bonds. The van der Waals surface area contributed by atoms with Crippen LogP contribution in [0.25, 0.3) is 0 Å². The maximum atomic E-state index is 12.2. The van der Waals surface area contributed by atoms with E-state index in [4.69, 9.17) is 5.26 Å². The molecule has 0 heterocycles. The molecule has 2 rings (SSSR count). The number of nitriles is 1. The molecule has 0 spiro atoms. The number of nitrogens with one attached hydrogen (secondary N) is 1. The number of hydrogen-bond donors (Lipinski definition) is 1. The molecule has 1 aromatic rings. The third kappa shape index (κ3) is 3.81. The summed E-state index contributed by atoms with van der Waals surface area (Å²) in [6.07, 6.45) is 5.77. The summed E-state index contributed by atoms with van der Waals surface area (Å²) in [4.78, 5) is 12.5.